The van der Waals surface area contributed by atoms with Gasteiger partial charge in [0.25, 0.3) is 0 Å². The third kappa shape index (κ3) is 5.39. The number of benzene rings is 3. The molecule has 1 unspecified atom stereocenters. The number of aromatic nitrogens is 1. The highest BCUT2D eigenvalue weighted by molar-refractivity contribution is 5.53. The van der Waals surface area contributed by atoms with Gasteiger partial charge in [0, 0.05) is 24.3 Å². The molecular formula is C27H27NO6. The zero-order valence-electron chi connectivity index (χ0n) is 19.4. The maximum absolute atomic E-state index is 11.1. The Morgan fingerprint density at radius 3 is 2.50 bits per heavy atom. The van der Waals surface area contributed by atoms with E-state index in [1.165, 1.54) is 7.11 Å². The highest BCUT2D eigenvalue weighted by atomic mass is 16.7. The van der Waals surface area contributed by atoms with Crippen LogP contribution in [-0.2, 0) is 11.3 Å². The predicted molar refractivity (Wildman–Crippen MR) is 127 cm³/mol. The lowest BCUT2D eigenvalue weighted by Crippen LogP contribution is -2.07. The average molecular weight is 462 g/mol. The van der Waals surface area contributed by atoms with Crippen molar-refractivity contribution in [2.45, 2.75) is 19.6 Å². The molecule has 1 heterocycles. The van der Waals surface area contributed by atoms with Crippen LogP contribution in [0.25, 0.3) is 11.5 Å². The van der Waals surface area contributed by atoms with Crippen LogP contribution >= 0.6 is 0 Å². The minimum absolute atomic E-state index is 0.0536. The molecule has 176 valence electrons. The number of rotatable bonds is 10. The number of methoxy groups -OCH3 is 2. The third-order valence-corrected chi connectivity index (χ3v) is 5.31. The summed E-state index contributed by atoms with van der Waals surface area (Å²) in [5.74, 6) is 2.97. The van der Waals surface area contributed by atoms with Crippen LogP contribution in [0, 0.1) is 6.92 Å². The molecule has 0 aliphatic rings. The van der Waals surface area contributed by atoms with Gasteiger partial charge in [0.05, 0.1) is 7.11 Å². The molecule has 3 aromatic carbocycles. The summed E-state index contributed by atoms with van der Waals surface area (Å²) in [5.41, 5.74) is 2.88. The number of nitrogens with zero attached hydrogens (tertiary/aromatic N) is 1. The first-order valence-electron chi connectivity index (χ1n) is 10.8. The van der Waals surface area contributed by atoms with Gasteiger partial charge in [0.1, 0.15) is 41.4 Å². The number of aliphatic hydroxyl groups is 1. The van der Waals surface area contributed by atoms with Crippen LogP contribution in [0.1, 0.15) is 28.7 Å². The van der Waals surface area contributed by atoms with E-state index in [4.69, 9.17) is 23.4 Å². The summed E-state index contributed by atoms with van der Waals surface area (Å²) in [6.07, 6.45) is -0.931. The van der Waals surface area contributed by atoms with E-state index in [0.29, 0.717) is 40.0 Å². The Hall–Kier alpha value is -3.81. The van der Waals surface area contributed by atoms with Gasteiger partial charge in [0.15, 0.2) is 6.79 Å². The van der Waals surface area contributed by atoms with Crippen molar-refractivity contribution >= 4 is 0 Å². The molecule has 4 rings (SSSR count). The summed E-state index contributed by atoms with van der Waals surface area (Å²) < 4.78 is 27.7. The Morgan fingerprint density at radius 2 is 1.74 bits per heavy atom. The smallest absolute Gasteiger partial charge is 0.226 e. The molecule has 34 heavy (non-hydrogen) atoms. The summed E-state index contributed by atoms with van der Waals surface area (Å²) in [5, 5.41) is 11.1. The Balaban J connectivity index is 1.50. The fourth-order valence-corrected chi connectivity index (χ4v) is 3.49. The van der Waals surface area contributed by atoms with E-state index in [9.17, 15) is 5.11 Å². The van der Waals surface area contributed by atoms with Gasteiger partial charge in [-0.25, -0.2) is 4.98 Å². The van der Waals surface area contributed by atoms with E-state index in [2.05, 4.69) is 4.98 Å². The number of ether oxygens (including phenoxy) is 4. The van der Waals surface area contributed by atoms with Gasteiger partial charge in [0.2, 0.25) is 5.89 Å². The Kier molecular flexibility index (Phi) is 7.47. The summed E-state index contributed by atoms with van der Waals surface area (Å²) in [4.78, 5) is 4.58. The van der Waals surface area contributed by atoms with Gasteiger partial charge in [-0.15, -0.1) is 0 Å². The number of aryl methyl sites for hydroxylation is 1. The molecule has 0 spiro atoms. The summed E-state index contributed by atoms with van der Waals surface area (Å²) in [6.45, 7) is 2.16. The normalized spacial score (nSPS) is 11.8. The van der Waals surface area contributed by atoms with Crippen molar-refractivity contribution in [3.63, 3.8) is 0 Å². The van der Waals surface area contributed by atoms with E-state index in [1.807, 2.05) is 55.5 Å². The lowest BCUT2D eigenvalue weighted by molar-refractivity contribution is 0.0486. The zero-order chi connectivity index (χ0) is 23.9. The lowest BCUT2D eigenvalue weighted by Gasteiger charge is -2.18. The quantitative estimate of drug-likeness (QED) is 0.321. The van der Waals surface area contributed by atoms with Crippen LogP contribution in [0.3, 0.4) is 0 Å². The first kappa shape index (κ1) is 23.4. The maximum atomic E-state index is 11.1. The Morgan fingerprint density at radius 1 is 0.912 bits per heavy atom. The molecular weight excluding hydrogens is 434 g/mol. The van der Waals surface area contributed by atoms with Crippen molar-refractivity contribution in [3.8, 4) is 28.7 Å². The first-order chi connectivity index (χ1) is 16.6. The van der Waals surface area contributed by atoms with Gasteiger partial charge >= 0.3 is 0 Å². The molecule has 1 atom stereocenters. The number of hydrogen-bond acceptors (Lipinski definition) is 7. The molecule has 0 fully saturated rings. The second-order valence-corrected chi connectivity index (χ2v) is 7.61. The number of aliphatic hydroxyl groups excluding tert-OH is 1. The Bertz CT molecular complexity index is 1220. The van der Waals surface area contributed by atoms with Crippen LogP contribution in [0.2, 0.25) is 0 Å². The SMILES string of the molecule is COCOc1cc(OC)ccc1C(O)c1cccc(OCc2nc(-c3ccccc3)oc2C)c1. The van der Waals surface area contributed by atoms with E-state index >= 15 is 0 Å². The van der Waals surface area contributed by atoms with Crippen LogP contribution in [0.5, 0.6) is 17.2 Å². The van der Waals surface area contributed by atoms with Crippen molar-refractivity contribution in [2.75, 3.05) is 21.0 Å². The summed E-state index contributed by atoms with van der Waals surface area (Å²) >= 11 is 0. The third-order valence-electron chi connectivity index (χ3n) is 5.31. The summed E-state index contributed by atoms with van der Waals surface area (Å²) in [7, 11) is 3.11. The van der Waals surface area contributed by atoms with E-state index in [-0.39, 0.29) is 13.4 Å². The van der Waals surface area contributed by atoms with Crippen LogP contribution < -0.4 is 14.2 Å². The van der Waals surface area contributed by atoms with Crippen LogP contribution in [0.15, 0.2) is 77.2 Å². The van der Waals surface area contributed by atoms with Gasteiger partial charge < -0.3 is 28.5 Å². The van der Waals surface area contributed by atoms with Crippen molar-refractivity contribution < 1.29 is 28.5 Å². The van der Waals surface area contributed by atoms with Gasteiger partial charge in [-0.2, -0.15) is 0 Å². The largest absolute Gasteiger partial charge is 0.497 e. The molecule has 0 amide bonds. The maximum Gasteiger partial charge on any atom is 0.226 e. The fourth-order valence-electron chi connectivity index (χ4n) is 3.49. The second kappa shape index (κ2) is 10.9. The molecule has 0 bridgehead atoms. The molecule has 0 saturated heterocycles. The monoisotopic (exact) mass is 461 g/mol. The van der Waals surface area contributed by atoms with E-state index in [1.54, 1.807) is 31.4 Å². The zero-order valence-corrected chi connectivity index (χ0v) is 19.4. The minimum atomic E-state index is -0.931. The highest BCUT2D eigenvalue weighted by Gasteiger charge is 2.18. The van der Waals surface area contributed by atoms with Gasteiger partial charge in [-0.3, -0.25) is 0 Å². The molecule has 0 saturated carbocycles. The molecule has 0 radical (unpaired) electrons. The van der Waals surface area contributed by atoms with E-state index < -0.39 is 6.10 Å². The van der Waals surface area contributed by atoms with Crippen LogP contribution in [0.4, 0.5) is 0 Å². The number of oxazole rings is 1. The fraction of sp³-hybridized carbons (Fsp3) is 0.222. The second-order valence-electron chi connectivity index (χ2n) is 7.61. The molecule has 1 aromatic heterocycles. The lowest BCUT2D eigenvalue weighted by atomic mass is 10.00. The minimum Gasteiger partial charge on any atom is -0.497 e. The molecule has 7 heteroatoms. The topological polar surface area (TPSA) is 83.2 Å². The van der Waals surface area contributed by atoms with Crippen molar-refractivity contribution in [2.24, 2.45) is 0 Å². The van der Waals surface area contributed by atoms with Crippen molar-refractivity contribution in [1.82, 2.24) is 4.98 Å². The van der Waals surface area contributed by atoms with Crippen molar-refractivity contribution in [3.05, 3.63) is 95.4 Å². The van der Waals surface area contributed by atoms with Crippen LogP contribution in [-0.4, -0.2) is 31.1 Å². The average Bonchev–Trinajstić information content (AvgIpc) is 3.26. The van der Waals surface area contributed by atoms with Crippen molar-refractivity contribution in [1.29, 1.82) is 0 Å². The summed E-state index contributed by atoms with van der Waals surface area (Å²) in [6, 6.07) is 22.3. The molecule has 0 aliphatic carbocycles. The Labute approximate surface area is 198 Å². The highest BCUT2D eigenvalue weighted by Crippen LogP contribution is 2.34. The molecule has 7 nitrogen and oxygen atoms in total. The standard InChI is InChI=1S/C27H27NO6/c1-18-24(28-27(34-18)19-8-5-4-6-9-19)16-32-22-11-7-10-20(14-22)26(29)23-13-12-21(31-3)15-25(23)33-17-30-2/h4-15,26,29H,16-17H2,1-3H3. The van der Waals surface area contributed by atoms with Gasteiger partial charge in [-0.05, 0) is 48.9 Å². The van der Waals surface area contributed by atoms with E-state index in [0.717, 1.165) is 11.3 Å². The van der Waals surface area contributed by atoms with Gasteiger partial charge in [-0.1, -0.05) is 30.3 Å². The first-order valence-corrected chi connectivity index (χ1v) is 10.8. The number of hydrogen-bond donors (Lipinski definition) is 1. The predicted octanol–water partition coefficient (Wildman–Crippen LogP) is 5.30. The molecule has 0 aliphatic heterocycles. The molecule has 1 N–H and O–H groups in total. The molecule has 4 aromatic rings.